The summed E-state index contributed by atoms with van der Waals surface area (Å²) in [6, 6.07) is 0. The third kappa shape index (κ3) is 2.46. The highest BCUT2D eigenvalue weighted by Crippen LogP contribution is 2.76. The van der Waals surface area contributed by atoms with E-state index in [0.717, 1.165) is 6.42 Å². The number of aliphatic hydroxyl groups is 1. The molecule has 5 aliphatic carbocycles. The van der Waals surface area contributed by atoms with E-state index in [1.807, 2.05) is 6.08 Å². The van der Waals surface area contributed by atoms with E-state index in [1.165, 1.54) is 27.1 Å². The first kappa shape index (κ1) is 23.8. The molecule has 1 heterocycles. The maximum absolute atomic E-state index is 11.0. The van der Waals surface area contributed by atoms with Gasteiger partial charge in [-0.3, -0.25) is 0 Å². The van der Waals surface area contributed by atoms with Crippen molar-refractivity contribution in [1.82, 2.24) is 0 Å². The lowest BCUT2D eigenvalue weighted by Crippen LogP contribution is -2.58. The molecule has 0 aromatic rings. The standard InChI is InChI=1S/C24H30Cl4O5/c1-21(2)11-5-6-12(21)18-10(11)9-15(33-18)32-14-8-7-13(29)16-17(14)23(28)20(26)19(25)22(16,27)24(23,30-3)31-4/h7-8,10-18,29H,5-6,9H2,1-4H3/t10-,11+,12-,13-,14+,15-,16-,17+,18-,22-,23+/m0/s1. The normalized spacial score (nSPS) is 54.9. The predicted molar refractivity (Wildman–Crippen MR) is 126 cm³/mol. The Labute approximate surface area is 214 Å². The molecular formula is C24H30Cl4O5. The number of hydrogen-bond donors (Lipinski definition) is 1. The second-order valence-corrected chi connectivity index (χ2v) is 13.1. The summed E-state index contributed by atoms with van der Waals surface area (Å²) in [7, 11) is 2.92. The molecule has 5 nitrogen and oxygen atoms in total. The summed E-state index contributed by atoms with van der Waals surface area (Å²) in [4.78, 5) is -2.91. The Bertz CT molecular complexity index is 912. The minimum absolute atomic E-state index is 0.143. The summed E-state index contributed by atoms with van der Waals surface area (Å²) in [5.41, 5.74) is 0.321. The topological polar surface area (TPSA) is 57.2 Å². The molecule has 33 heavy (non-hydrogen) atoms. The van der Waals surface area contributed by atoms with Crippen molar-refractivity contribution in [2.75, 3.05) is 14.2 Å². The first-order chi connectivity index (χ1) is 15.5. The van der Waals surface area contributed by atoms with Crippen LogP contribution in [0.2, 0.25) is 0 Å². The first-order valence-corrected chi connectivity index (χ1v) is 13.2. The van der Waals surface area contributed by atoms with E-state index < -0.39 is 39.6 Å². The fraction of sp³-hybridized carbons (Fsp3) is 0.833. The number of alkyl halides is 2. The summed E-state index contributed by atoms with van der Waals surface area (Å²) in [6.07, 6.45) is 5.31. The maximum Gasteiger partial charge on any atom is 0.217 e. The number of fused-ring (bicyclic) bond motifs is 10. The molecule has 0 radical (unpaired) electrons. The van der Waals surface area contributed by atoms with Gasteiger partial charge in [-0.15, -0.1) is 23.2 Å². The van der Waals surface area contributed by atoms with Crippen LogP contribution in [0.1, 0.15) is 33.1 Å². The van der Waals surface area contributed by atoms with Crippen LogP contribution in [0, 0.1) is 35.0 Å². The van der Waals surface area contributed by atoms with Gasteiger partial charge in [0.05, 0.1) is 28.4 Å². The van der Waals surface area contributed by atoms with E-state index >= 15 is 0 Å². The summed E-state index contributed by atoms with van der Waals surface area (Å²) in [5.74, 6) is -0.997. The van der Waals surface area contributed by atoms with Crippen LogP contribution < -0.4 is 0 Å². The number of rotatable bonds is 4. The molecule has 6 rings (SSSR count). The highest BCUT2D eigenvalue weighted by Gasteiger charge is 2.86. The Kier molecular flexibility index (Phi) is 5.24. The summed E-state index contributed by atoms with van der Waals surface area (Å²) in [6.45, 7) is 4.75. The van der Waals surface area contributed by atoms with Crippen molar-refractivity contribution in [2.45, 2.75) is 73.2 Å². The van der Waals surface area contributed by atoms with Crippen molar-refractivity contribution in [3.8, 4) is 0 Å². The zero-order valence-electron chi connectivity index (χ0n) is 19.1. The number of hydrogen-bond acceptors (Lipinski definition) is 5. The molecule has 0 amide bonds. The SMILES string of the molecule is COC1(OC)[C@@]2(Cl)C(Cl)=C(Cl)[C@]1(Cl)[C@H]1[C@@H]2[C@@H](O)C=C[C@H]1O[C@@H]1C[C@@H]2[C@H](O1)[C@@H]1CC[C@H]2C1(C)C. The number of ether oxygens (including phenoxy) is 4. The summed E-state index contributed by atoms with van der Waals surface area (Å²) in [5, 5.41) is 11.3. The van der Waals surface area contributed by atoms with Gasteiger partial charge >= 0.3 is 0 Å². The van der Waals surface area contributed by atoms with E-state index in [1.54, 1.807) is 6.08 Å². The van der Waals surface area contributed by atoms with Gasteiger partial charge in [0, 0.05) is 32.5 Å². The lowest BCUT2D eigenvalue weighted by atomic mass is 9.72. The second kappa shape index (κ2) is 7.26. The summed E-state index contributed by atoms with van der Waals surface area (Å²) >= 11 is 27.8. The number of halogens is 4. The van der Waals surface area contributed by atoms with Gasteiger partial charge in [0.25, 0.3) is 0 Å². The Morgan fingerprint density at radius 2 is 1.58 bits per heavy atom. The Morgan fingerprint density at radius 1 is 0.970 bits per heavy atom. The van der Waals surface area contributed by atoms with Gasteiger partial charge in [0.1, 0.15) is 9.75 Å². The average Bonchev–Trinajstić information content (AvgIpc) is 3.45. The van der Waals surface area contributed by atoms with Gasteiger partial charge in [-0.2, -0.15) is 0 Å². The molecule has 4 bridgehead atoms. The number of methoxy groups -OCH3 is 2. The van der Waals surface area contributed by atoms with Gasteiger partial charge < -0.3 is 24.1 Å². The van der Waals surface area contributed by atoms with Crippen molar-refractivity contribution < 1.29 is 24.1 Å². The van der Waals surface area contributed by atoms with E-state index in [9.17, 15) is 5.11 Å². The molecule has 4 fully saturated rings. The van der Waals surface area contributed by atoms with E-state index in [0.29, 0.717) is 23.2 Å². The largest absolute Gasteiger partial charge is 0.389 e. The Hall–Kier alpha value is 0.440. The van der Waals surface area contributed by atoms with Crippen molar-refractivity contribution in [1.29, 1.82) is 0 Å². The fourth-order valence-corrected chi connectivity index (χ4v) is 11.0. The van der Waals surface area contributed by atoms with E-state index in [2.05, 4.69) is 13.8 Å². The van der Waals surface area contributed by atoms with Gasteiger partial charge in [0.2, 0.25) is 5.79 Å². The molecule has 0 unspecified atom stereocenters. The van der Waals surface area contributed by atoms with Crippen molar-refractivity contribution in [3.63, 3.8) is 0 Å². The molecule has 3 saturated carbocycles. The molecule has 0 aromatic heterocycles. The van der Waals surface area contributed by atoms with Crippen molar-refractivity contribution in [2.24, 2.45) is 35.0 Å². The molecular weight excluding hydrogens is 510 g/mol. The van der Waals surface area contributed by atoms with Crippen LogP contribution in [0.3, 0.4) is 0 Å². The molecule has 0 aromatic carbocycles. The van der Waals surface area contributed by atoms with Crippen LogP contribution in [0.25, 0.3) is 0 Å². The van der Waals surface area contributed by atoms with Crippen LogP contribution in [0.4, 0.5) is 0 Å². The lowest BCUT2D eigenvalue weighted by molar-refractivity contribution is -0.225. The molecule has 6 aliphatic rings. The fourth-order valence-electron chi connectivity index (χ4n) is 8.72. The smallest absolute Gasteiger partial charge is 0.217 e. The van der Waals surface area contributed by atoms with Gasteiger partial charge in [-0.1, -0.05) is 49.2 Å². The zero-order valence-corrected chi connectivity index (χ0v) is 22.1. The van der Waals surface area contributed by atoms with E-state index in [-0.39, 0.29) is 22.5 Å². The van der Waals surface area contributed by atoms with Crippen LogP contribution in [0.5, 0.6) is 0 Å². The van der Waals surface area contributed by atoms with Crippen molar-refractivity contribution >= 4 is 46.4 Å². The Balaban J connectivity index is 1.33. The third-order valence-electron chi connectivity index (χ3n) is 10.0. The minimum atomic E-state index is -1.57. The van der Waals surface area contributed by atoms with Crippen LogP contribution >= 0.6 is 46.4 Å². The molecule has 1 N–H and O–H groups in total. The highest BCUT2D eigenvalue weighted by molar-refractivity contribution is 6.52. The lowest BCUT2D eigenvalue weighted by Gasteiger charge is -2.44. The Morgan fingerprint density at radius 3 is 2.18 bits per heavy atom. The zero-order chi connectivity index (χ0) is 23.7. The van der Waals surface area contributed by atoms with Gasteiger partial charge in [-0.25, -0.2) is 0 Å². The average molecular weight is 540 g/mol. The van der Waals surface area contributed by atoms with Crippen LogP contribution in [0.15, 0.2) is 22.2 Å². The maximum atomic E-state index is 11.0. The molecule has 9 heteroatoms. The summed E-state index contributed by atoms with van der Waals surface area (Å²) < 4.78 is 24.7. The van der Waals surface area contributed by atoms with Gasteiger partial charge in [-0.05, 0) is 36.0 Å². The van der Waals surface area contributed by atoms with Gasteiger partial charge in [0.15, 0.2) is 6.29 Å². The van der Waals surface area contributed by atoms with Crippen LogP contribution in [-0.4, -0.2) is 59.5 Å². The quantitative estimate of drug-likeness (QED) is 0.310. The molecule has 1 aliphatic heterocycles. The predicted octanol–water partition coefficient (Wildman–Crippen LogP) is 4.99. The monoisotopic (exact) mass is 538 g/mol. The first-order valence-electron chi connectivity index (χ1n) is 11.7. The minimum Gasteiger partial charge on any atom is -0.389 e. The number of aliphatic hydroxyl groups excluding tert-OH is 1. The second-order valence-electron chi connectivity index (χ2n) is 11.1. The third-order valence-corrected chi connectivity index (χ3v) is 12.7. The molecule has 11 atom stereocenters. The van der Waals surface area contributed by atoms with Crippen LogP contribution in [-0.2, 0) is 18.9 Å². The molecule has 1 saturated heterocycles. The molecule has 184 valence electrons. The highest BCUT2D eigenvalue weighted by atomic mass is 35.5. The van der Waals surface area contributed by atoms with E-state index in [4.69, 9.17) is 65.4 Å². The molecule has 0 spiro atoms. The van der Waals surface area contributed by atoms with Crippen molar-refractivity contribution in [3.05, 3.63) is 22.2 Å².